The summed E-state index contributed by atoms with van der Waals surface area (Å²) in [4.78, 5) is 0.824. The van der Waals surface area contributed by atoms with Crippen molar-refractivity contribution >= 4 is 19.9 Å². The van der Waals surface area contributed by atoms with Crippen LogP contribution in [0.25, 0.3) is 0 Å². The molecule has 1 aromatic carbocycles. The zero-order valence-electron chi connectivity index (χ0n) is 17.6. The van der Waals surface area contributed by atoms with Gasteiger partial charge in [-0.3, -0.25) is 4.98 Å². The number of hydrogen-bond donors (Lipinski definition) is 2. The number of halogens is 6. The van der Waals surface area contributed by atoms with Crippen LogP contribution < -0.4 is 0 Å². The van der Waals surface area contributed by atoms with E-state index in [0.29, 0.717) is 24.4 Å². The average Bonchev–Trinajstić information content (AvgIpc) is 3.17. The molecule has 9 nitrogen and oxygen atoms in total. The van der Waals surface area contributed by atoms with Crippen molar-refractivity contribution in [3.63, 3.8) is 0 Å². The zero-order valence-corrected chi connectivity index (χ0v) is 19.2. The lowest BCUT2D eigenvalue weighted by Gasteiger charge is -2.26. The van der Waals surface area contributed by atoms with Gasteiger partial charge >= 0.3 is 12.4 Å². The molecule has 0 saturated carbocycles. The number of hydrogen-bond acceptors (Lipinski definition) is 8. The van der Waals surface area contributed by atoms with E-state index in [9.17, 15) is 53.4 Å². The van der Waals surface area contributed by atoms with Crippen molar-refractivity contribution in [1.29, 1.82) is 5.26 Å². The summed E-state index contributed by atoms with van der Waals surface area (Å²) in [5.41, 5.74) is -6.38. The molecule has 1 unspecified atom stereocenters. The van der Waals surface area contributed by atoms with Crippen LogP contribution in [0.3, 0.4) is 0 Å². The lowest BCUT2D eigenvalue weighted by Crippen LogP contribution is -2.49. The molecule has 17 heteroatoms. The van der Waals surface area contributed by atoms with Crippen LogP contribution in [0.4, 0.5) is 26.3 Å². The van der Waals surface area contributed by atoms with Gasteiger partial charge in [-0.2, -0.15) is 35.9 Å². The largest absolute Gasteiger partial charge is 0.433 e. The first-order valence-corrected chi connectivity index (χ1v) is 12.6. The normalized spacial score (nSPS) is 21.9. The number of alkyl halides is 6. The van der Waals surface area contributed by atoms with Crippen LogP contribution in [0, 0.1) is 11.3 Å². The molecule has 2 heterocycles. The van der Waals surface area contributed by atoms with E-state index in [4.69, 9.17) is 5.26 Å². The van der Waals surface area contributed by atoms with Crippen LogP contribution in [0.1, 0.15) is 16.8 Å². The first kappa shape index (κ1) is 27.8. The van der Waals surface area contributed by atoms with Crippen molar-refractivity contribution in [2.24, 2.45) is 0 Å². The SMILES string of the molecule is N#Cc1ccc(S(=O)(=O)N2CC(S(=O)(=O)c3ccc(C(F)(F)F)nc3)[C@](O)(CO)C2)c(C(F)(F)F)c1. The predicted molar refractivity (Wildman–Crippen MR) is 107 cm³/mol. The zero-order chi connectivity index (χ0) is 27.3. The number of aromatic nitrogens is 1. The summed E-state index contributed by atoms with van der Waals surface area (Å²) < 4.78 is 131. The molecule has 0 bridgehead atoms. The van der Waals surface area contributed by atoms with Gasteiger partial charge in [0.15, 0.2) is 9.84 Å². The van der Waals surface area contributed by atoms with Crippen molar-refractivity contribution < 1.29 is 53.4 Å². The Balaban J connectivity index is 2.06. The minimum Gasteiger partial charge on any atom is -0.393 e. The summed E-state index contributed by atoms with van der Waals surface area (Å²) in [6, 6.07) is 3.85. The molecule has 36 heavy (non-hydrogen) atoms. The minimum absolute atomic E-state index is 0.208. The Bertz CT molecular complexity index is 1420. The van der Waals surface area contributed by atoms with Gasteiger partial charge in [-0.05, 0) is 30.3 Å². The average molecular weight is 559 g/mol. The van der Waals surface area contributed by atoms with Crippen LogP contribution >= 0.6 is 0 Å². The van der Waals surface area contributed by atoms with Gasteiger partial charge in [0.05, 0.1) is 33.6 Å². The van der Waals surface area contributed by atoms with E-state index >= 15 is 0 Å². The molecule has 1 aliphatic heterocycles. The molecule has 0 aliphatic carbocycles. The summed E-state index contributed by atoms with van der Waals surface area (Å²) in [7, 11) is -10.0. The van der Waals surface area contributed by atoms with Gasteiger partial charge in [0, 0.05) is 19.3 Å². The predicted octanol–water partition coefficient (Wildman–Crippen LogP) is 1.56. The molecular formula is C19H15F6N3O6S2. The Morgan fingerprint density at radius 1 is 1.08 bits per heavy atom. The van der Waals surface area contributed by atoms with E-state index in [0.717, 1.165) is 6.07 Å². The smallest absolute Gasteiger partial charge is 0.393 e. The number of sulfone groups is 1. The summed E-state index contributed by atoms with van der Waals surface area (Å²) in [6.45, 7) is -3.64. The Morgan fingerprint density at radius 2 is 1.72 bits per heavy atom. The van der Waals surface area contributed by atoms with Gasteiger partial charge in [-0.1, -0.05) is 0 Å². The highest BCUT2D eigenvalue weighted by atomic mass is 32.2. The van der Waals surface area contributed by atoms with Crippen LogP contribution in [0.2, 0.25) is 0 Å². The number of aliphatic hydroxyl groups excluding tert-OH is 1. The Labute approximate surface area is 200 Å². The van der Waals surface area contributed by atoms with Gasteiger partial charge in [0.25, 0.3) is 0 Å². The van der Waals surface area contributed by atoms with Gasteiger partial charge in [0.2, 0.25) is 10.0 Å². The molecule has 1 saturated heterocycles. The maximum absolute atomic E-state index is 13.5. The van der Waals surface area contributed by atoms with Crippen molar-refractivity contribution in [2.45, 2.75) is 33.0 Å². The standard InChI is InChI=1S/C19H15F6N3O6S2/c20-18(21,22)13-5-11(6-26)1-3-14(13)36(33,34)28-8-16(17(30,9-28)10-29)35(31,32)12-2-4-15(27-7-12)19(23,24)25/h1-5,7,16,29-30H,8-10H2/t16?,17-/m1/s1. The number of aliphatic hydroxyl groups is 2. The molecule has 2 aromatic rings. The highest BCUT2D eigenvalue weighted by molar-refractivity contribution is 7.92. The van der Waals surface area contributed by atoms with E-state index in [-0.39, 0.29) is 10.4 Å². The van der Waals surface area contributed by atoms with Crippen LogP contribution in [0.5, 0.6) is 0 Å². The van der Waals surface area contributed by atoms with E-state index in [1.807, 2.05) is 0 Å². The lowest BCUT2D eigenvalue weighted by molar-refractivity contribution is -0.141. The third kappa shape index (κ3) is 4.91. The minimum atomic E-state index is -5.24. The lowest BCUT2D eigenvalue weighted by atomic mass is 10.1. The van der Waals surface area contributed by atoms with E-state index in [1.165, 1.54) is 6.07 Å². The fraction of sp³-hybridized carbons (Fsp3) is 0.368. The van der Waals surface area contributed by atoms with Gasteiger partial charge in [0.1, 0.15) is 16.5 Å². The van der Waals surface area contributed by atoms with E-state index in [2.05, 4.69) is 4.98 Å². The molecule has 1 fully saturated rings. The first-order valence-electron chi connectivity index (χ1n) is 9.60. The second-order valence-corrected chi connectivity index (χ2v) is 11.8. The second kappa shape index (κ2) is 8.95. The van der Waals surface area contributed by atoms with Gasteiger partial charge in [-0.25, -0.2) is 16.8 Å². The summed E-state index contributed by atoms with van der Waals surface area (Å²) in [6.07, 6.45) is -9.81. The highest BCUT2D eigenvalue weighted by Gasteiger charge is 2.56. The third-order valence-electron chi connectivity index (χ3n) is 5.45. The summed E-state index contributed by atoms with van der Waals surface area (Å²) in [5, 5.41) is 27.1. The molecular weight excluding hydrogens is 544 g/mol. The molecule has 1 aromatic heterocycles. The van der Waals surface area contributed by atoms with Gasteiger partial charge < -0.3 is 10.2 Å². The quantitative estimate of drug-likeness (QED) is 0.525. The molecule has 2 atom stereocenters. The molecule has 0 amide bonds. The number of nitriles is 1. The maximum Gasteiger partial charge on any atom is 0.433 e. The number of benzene rings is 1. The Kier molecular flexibility index (Phi) is 6.92. The summed E-state index contributed by atoms with van der Waals surface area (Å²) >= 11 is 0. The number of pyridine rings is 1. The topological polar surface area (TPSA) is 149 Å². The van der Waals surface area contributed by atoms with E-state index < -0.39 is 89.4 Å². The number of nitrogens with zero attached hydrogens (tertiary/aromatic N) is 3. The van der Waals surface area contributed by atoms with Crippen LogP contribution in [-0.2, 0) is 32.2 Å². The van der Waals surface area contributed by atoms with Crippen molar-refractivity contribution in [1.82, 2.24) is 9.29 Å². The first-order chi connectivity index (χ1) is 16.4. The molecule has 0 radical (unpaired) electrons. The Morgan fingerprint density at radius 3 is 2.19 bits per heavy atom. The van der Waals surface area contributed by atoms with Crippen molar-refractivity contribution in [2.75, 3.05) is 19.7 Å². The summed E-state index contributed by atoms with van der Waals surface area (Å²) in [5.74, 6) is 0. The maximum atomic E-state index is 13.5. The molecule has 1 aliphatic rings. The number of sulfonamides is 1. The Hall–Kier alpha value is -2.78. The van der Waals surface area contributed by atoms with Crippen LogP contribution in [-0.4, -0.2) is 66.9 Å². The van der Waals surface area contributed by atoms with Crippen molar-refractivity contribution in [3.8, 4) is 6.07 Å². The molecule has 196 valence electrons. The molecule has 2 N–H and O–H groups in total. The fourth-order valence-electron chi connectivity index (χ4n) is 3.61. The second-order valence-electron chi connectivity index (χ2n) is 7.79. The van der Waals surface area contributed by atoms with E-state index in [1.54, 1.807) is 0 Å². The number of β-amino-alcohol motifs (C(OH)–C–C–N with tert-alkyl or cyclic N) is 1. The van der Waals surface area contributed by atoms with Crippen LogP contribution in [0.15, 0.2) is 46.3 Å². The monoisotopic (exact) mass is 559 g/mol. The van der Waals surface area contributed by atoms with Crippen molar-refractivity contribution in [3.05, 3.63) is 53.3 Å². The molecule has 0 spiro atoms. The van der Waals surface area contributed by atoms with Gasteiger partial charge in [-0.15, -0.1) is 0 Å². The number of rotatable bonds is 5. The fourth-order valence-corrected chi connectivity index (χ4v) is 7.31. The third-order valence-corrected chi connectivity index (χ3v) is 9.56. The molecule has 3 rings (SSSR count). The highest BCUT2D eigenvalue weighted by Crippen LogP contribution is 2.39.